The highest BCUT2D eigenvalue weighted by molar-refractivity contribution is 5.77. The summed E-state index contributed by atoms with van der Waals surface area (Å²) < 4.78 is 5.41. The van der Waals surface area contributed by atoms with Gasteiger partial charge in [0.2, 0.25) is 11.9 Å². The number of ether oxygens (including phenoxy) is 1. The molecule has 2 bridgehead atoms. The number of rotatable bonds is 3. The van der Waals surface area contributed by atoms with Gasteiger partial charge in [-0.2, -0.15) is 0 Å². The second-order valence-corrected chi connectivity index (χ2v) is 7.08. The number of morpholine rings is 1. The van der Waals surface area contributed by atoms with Crippen molar-refractivity contribution >= 4 is 11.9 Å². The molecule has 130 valence electrons. The van der Waals surface area contributed by atoms with Gasteiger partial charge in [-0.3, -0.25) is 9.69 Å². The molecule has 2 saturated heterocycles. The number of nitrogens with zero attached hydrogens (tertiary/aromatic N) is 5. The predicted molar refractivity (Wildman–Crippen MR) is 89.9 cm³/mol. The largest absolute Gasteiger partial charge is 0.378 e. The molecular formula is C17H25N5O2. The highest BCUT2D eigenvalue weighted by Gasteiger charge is 2.41. The highest BCUT2D eigenvalue weighted by atomic mass is 16.5. The third kappa shape index (κ3) is 2.75. The third-order valence-corrected chi connectivity index (χ3v) is 5.43. The van der Waals surface area contributed by atoms with Gasteiger partial charge in [-0.25, -0.2) is 9.97 Å². The molecule has 4 rings (SSSR count). The molecule has 0 unspecified atom stereocenters. The molecule has 3 aliphatic rings. The van der Waals surface area contributed by atoms with E-state index in [2.05, 4.69) is 14.8 Å². The van der Waals surface area contributed by atoms with E-state index in [9.17, 15) is 4.79 Å². The molecule has 0 spiro atoms. The van der Waals surface area contributed by atoms with Gasteiger partial charge in [-0.15, -0.1) is 0 Å². The number of anilines is 1. The number of amides is 1. The maximum Gasteiger partial charge on any atom is 0.236 e. The van der Waals surface area contributed by atoms with Crippen molar-refractivity contribution in [3.8, 4) is 0 Å². The molecule has 2 atom stereocenters. The van der Waals surface area contributed by atoms with Gasteiger partial charge in [-0.1, -0.05) is 0 Å². The first kappa shape index (κ1) is 15.8. The SMILES string of the molecule is CN(C)C(=O)CN1[C@H]2CC[C@H]1c1cnc(N3CCOCC3)nc1C2. The Hall–Kier alpha value is -1.73. The molecule has 3 aliphatic heterocycles. The zero-order valence-corrected chi connectivity index (χ0v) is 14.4. The minimum atomic E-state index is 0.168. The molecule has 7 nitrogen and oxygen atoms in total. The molecule has 1 aromatic rings. The molecular weight excluding hydrogens is 306 g/mol. The summed E-state index contributed by atoms with van der Waals surface area (Å²) in [5, 5.41) is 0. The Labute approximate surface area is 142 Å². The van der Waals surface area contributed by atoms with E-state index in [0.29, 0.717) is 18.6 Å². The Bertz CT molecular complexity index is 629. The summed E-state index contributed by atoms with van der Waals surface area (Å²) in [6.07, 6.45) is 5.14. The van der Waals surface area contributed by atoms with Crippen molar-refractivity contribution in [3.05, 3.63) is 17.5 Å². The number of carbonyl (C=O) groups is 1. The fourth-order valence-electron chi connectivity index (χ4n) is 4.02. The minimum absolute atomic E-state index is 0.168. The quantitative estimate of drug-likeness (QED) is 0.802. The maximum absolute atomic E-state index is 12.1. The van der Waals surface area contributed by atoms with Crippen molar-refractivity contribution in [3.63, 3.8) is 0 Å². The molecule has 7 heteroatoms. The average Bonchev–Trinajstić information content (AvgIpc) is 2.87. The van der Waals surface area contributed by atoms with Crippen LogP contribution in [0.4, 0.5) is 5.95 Å². The van der Waals surface area contributed by atoms with Crippen LogP contribution in [-0.2, 0) is 16.0 Å². The van der Waals surface area contributed by atoms with E-state index in [1.54, 1.807) is 4.90 Å². The Balaban J connectivity index is 1.56. The van der Waals surface area contributed by atoms with Crippen molar-refractivity contribution in [1.29, 1.82) is 0 Å². The molecule has 1 aromatic heterocycles. The van der Waals surface area contributed by atoms with Crippen molar-refractivity contribution in [1.82, 2.24) is 19.8 Å². The first-order chi connectivity index (χ1) is 11.6. The van der Waals surface area contributed by atoms with Gasteiger partial charge in [0.1, 0.15) is 0 Å². The van der Waals surface area contributed by atoms with Crippen molar-refractivity contribution in [2.45, 2.75) is 31.3 Å². The number of hydrogen-bond acceptors (Lipinski definition) is 6. The van der Waals surface area contributed by atoms with Crippen LogP contribution in [0.15, 0.2) is 6.20 Å². The number of hydrogen-bond donors (Lipinski definition) is 0. The Morgan fingerprint density at radius 3 is 2.88 bits per heavy atom. The van der Waals surface area contributed by atoms with Gasteiger partial charge >= 0.3 is 0 Å². The van der Waals surface area contributed by atoms with Crippen LogP contribution in [0.5, 0.6) is 0 Å². The van der Waals surface area contributed by atoms with Crippen LogP contribution in [0.2, 0.25) is 0 Å². The average molecular weight is 331 g/mol. The molecule has 2 fully saturated rings. The lowest BCUT2D eigenvalue weighted by atomic mass is 9.99. The maximum atomic E-state index is 12.1. The number of likely N-dealkylation sites (N-methyl/N-ethyl adjacent to an activating group) is 1. The summed E-state index contributed by atoms with van der Waals surface area (Å²) in [4.78, 5) is 27.8. The van der Waals surface area contributed by atoms with Gasteiger partial charge in [0.15, 0.2) is 0 Å². The molecule has 0 radical (unpaired) electrons. The lowest BCUT2D eigenvalue weighted by Crippen LogP contribution is -2.44. The summed E-state index contributed by atoms with van der Waals surface area (Å²) in [5.41, 5.74) is 2.39. The number of fused-ring (bicyclic) bond motifs is 4. The first-order valence-electron chi connectivity index (χ1n) is 8.78. The standard InChI is InChI=1S/C17H25N5O2/c1-20(2)16(23)11-22-12-3-4-15(22)13-10-18-17(19-14(13)9-12)21-5-7-24-8-6-21/h10,12,15H,3-9,11H2,1-2H3/t12-,15-/m0/s1. The van der Waals surface area contributed by atoms with E-state index < -0.39 is 0 Å². The summed E-state index contributed by atoms with van der Waals surface area (Å²) in [6.45, 7) is 3.69. The fraction of sp³-hybridized carbons (Fsp3) is 0.706. The monoisotopic (exact) mass is 331 g/mol. The second kappa shape index (κ2) is 6.29. The molecule has 24 heavy (non-hydrogen) atoms. The van der Waals surface area contributed by atoms with E-state index in [-0.39, 0.29) is 5.91 Å². The van der Waals surface area contributed by atoms with Crippen molar-refractivity contribution < 1.29 is 9.53 Å². The van der Waals surface area contributed by atoms with Gasteiger partial charge in [0.25, 0.3) is 0 Å². The van der Waals surface area contributed by atoms with Crippen LogP contribution >= 0.6 is 0 Å². The van der Waals surface area contributed by atoms with Gasteiger partial charge in [0, 0.05) is 57.4 Å². The second-order valence-electron chi connectivity index (χ2n) is 7.08. The summed E-state index contributed by atoms with van der Waals surface area (Å²) in [7, 11) is 3.64. The molecule has 0 aliphatic carbocycles. The normalized spacial score (nSPS) is 26.3. The zero-order chi connectivity index (χ0) is 16.7. The summed E-state index contributed by atoms with van der Waals surface area (Å²) in [6, 6.07) is 0.722. The fourth-order valence-corrected chi connectivity index (χ4v) is 4.02. The zero-order valence-electron chi connectivity index (χ0n) is 14.4. The van der Waals surface area contributed by atoms with Crippen molar-refractivity contribution in [2.75, 3.05) is 51.8 Å². The third-order valence-electron chi connectivity index (χ3n) is 5.43. The molecule has 0 N–H and O–H groups in total. The van der Waals surface area contributed by atoms with Crippen LogP contribution in [0.3, 0.4) is 0 Å². The number of carbonyl (C=O) groups excluding carboxylic acids is 1. The summed E-state index contributed by atoms with van der Waals surface area (Å²) in [5.74, 6) is 0.996. The van der Waals surface area contributed by atoms with Crippen LogP contribution in [0, 0.1) is 0 Å². The Morgan fingerprint density at radius 2 is 2.12 bits per heavy atom. The smallest absolute Gasteiger partial charge is 0.236 e. The van der Waals surface area contributed by atoms with Gasteiger partial charge in [0.05, 0.1) is 25.5 Å². The van der Waals surface area contributed by atoms with Crippen LogP contribution < -0.4 is 4.90 Å². The highest BCUT2D eigenvalue weighted by Crippen LogP contribution is 2.42. The Morgan fingerprint density at radius 1 is 1.33 bits per heavy atom. The Kier molecular flexibility index (Phi) is 4.14. The van der Waals surface area contributed by atoms with Crippen LogP contribution in [-0.4, -0.2) is 78.7 Å². The lowest BCUT2D eigenvalue weighted by molar-refractivity contribution is -0.130. The first-order valence-corrected chi connectivity index (χ1v) is 8.78. The topological polar surface area (TPSA) is 61.8 Å². The molecule has 0 saturated carbocycles. The lowest BCUT2D eigenvalue weighted by Gasteiger charge is -2.36. The molecule has 0 aromatic carbocycles. The van der Waals surface area contributed by atoms with Crippen molar-refractivity contribution in [2.24, 2.45) is 0 Å². The van der Waals surface area contributed by atoms with E-state index in [4.69, 9.17) is 9.72 Å². The van der Waals surface area contributed by atoms with Gasteiger partial charge < -0.3 is 14.5 Å². The van der Waals surface area contributed by atoms with E-state index >= 15 is 0 Å². The van der Waals surface area contributed by atoms with Crippen LogP contribution in [0.1, 0.15) is 30.1 Å². The molecule has 1 amide bonds. The van der Waals surface area contributed by atoms with E-state index in [0.717, 1.165) is 51.5 Å². The molecule has 4 heterocycles. The van der Waals surface area contributed by atoms with Gasteiger partial charge in [-0.05, 0) is 12.8 Å². The predicted octanol–water partition coefficient (Wildman–Crippen LogP) is 0.463. The summed E-state index contributed by atoms with van der Waals surface area (Å²) >= 11 is 0. The van der Waals surface area contributed by atoms with E-state index in [1.807, 2.05) is 20.3 Å². The van der Waals surface area contributed by atoms with Crippen LogP contribution in [0.25, 0.3) is 0 Å². The minimum Gasteiger partial charge on any atom is -0.378 e. The van der Waals surface area contributed by atoms with E-state index in [1.165, 1.54) is 11.3 Å². The number of aromatic nitrogens is 2.